The van der Waals surface area contributed by atoms with Crippen LogP contribution in [0.3, 0.4) is 0 Å². The van der Waals surface area contributed by atoms with Gasteiger partial charge in [0, 0.05) is 38.1 Å². The summed E-state index contributed by atoms with van der Waals surface area (Å²) in [6.45, 7) is 4.35. The Morgan fingerprint density at radius 2 is 2.00 bits per heavy atom. The van der Waals surface area contributed by atoms with Crippen LogP contribution in [0.15, 0.2) is 30.3 Å². The van der Waals surface area contributed by atoms with Gasteiger partial charge in [-0.2, -0.15) is 0 Å². The fourth-order valence-electron chi connectivity index (χ4n) is 2.22. The van der Waals surface area contributed by atoms with Gasteiger partial charge in [0.15, 0.2) is 0 Å². The van der Waals surface area contributed by atoms with E-state index in [1.807, 2.05) is 0 Å². The summed E-state index contributed by atoms with van der Waals surface area (Å²) in [5.74, 6) is 0.719. The Hall–Kier alpha value is -0.570. The lowest BCUT2D eigenvalue weighted by molar-refractivity contribution is 0.0957. The number of nitrogens with zero attached hydrogens (tertiary/aromatic N) is 2. The van der Waals surface area contributed by atoms with Gasteiger partial charge < -0.3 is 4.90 Å². The van der Waals surface area contributed by atoms with Crippen LogP contribution in [0.5, 0.6) is 0 Å². The highest BCUT2D eigenvalue weighted by Crippen LogP contribution is 2.14. The van der Waals surface area contributed by atoms with E-state index in [4.69, 9.17) is 11.6 Å². The van der Waals surface area contributed by atoms with E-state index in [9.17, 15) is 0 Å². The first kappa shape index (κ1) is 11.9. The second-order valence-corrected chi connectivity index (χ2v) is 4.84. The molecule has 0 bridgehead atoms. The zero-order valence-electron chi connectivity index (χ0n) is 9.77. The first-order chi connectivity index (χ1) is 7.79. The van der Waals surface area contributed by atoms with Crippen LogP contribution in [-0.4, -0.2) is 48.4 Å². The molecule has 0 amide bonds. The molecule has 0 N–H and O–H groups in total. The van der Waals surface area contributed by atoms with E-state index in [0.717, 1.165) is 32.1 Å². The molecule has 2 rings (SSSR count). The van der Waals surface area contributed by atoms with E-state index < -0.39 is 0 Å². The molecular formula is C13H19ClN2. The monoisotopic (exact) mass is 238 g/mol. The number of likely N-dealkylation sites (N-methyl/N-ethyl adjacent to an activating group) is 1. The number of hydrogen-bond acceptors (Lipinski definition) is 2. The smallest absolute Gasteiger partial charge is 0.0392 e. The average molecular weight is 239 g/mol. The van der Waals surface area contributed by atoms with Gasteiger partial charge in [0.05, 0.1) is 0 Å². The van der Waals surface area contributed by atoms with Gasteiger partial charge in [0.2, 0.25) is 0 Å². The normalized spacial score (nSPS) is 23.5. The molecule has 0 aromatic heterocycles. The van der Waals surface area contributed by atoms with Crippen molar-refractivity contribution in [3.8, 4) is 0 Å². The minimum absolute atomic E-state index is 0.487. The molecule has 1 aliphatic rings. The van der Waals surface area contributed by atoms with Gasteiger partial charge >= 0.3 is 0 Å². The quantitative estimate of drug-likeness (QED) is 0.744. The van der Waals surface area contributed by atoms with Gasteiger partial charge in [-0.05, 0) is 12.6 Å². The first-order valence-corrected chi connectivity index (χ1v) is 6.35. The molecule has 1 unspecified atom stereocenters. The maximum atomic E-state index is 6.04. The Labute approximate surface area is 103 Å². The van der Waals surface area contributed by atoms with Crippen molar-refractivity contribution in [3.63, 3.8) is 0 Å². The number of piperazine rings is 1. The SMILES string of the molecule is CN1CCN(Cc2ccccc2)C(CCl)C1. The summed E-state index contributed by atoms with van der Waals surface area (Å²) in [5.41, 5.74) is 1.38. The van der Waals surface area contributed by atoms with Crippen LogP contribution >= 0.6 is 11.6 Å². The van der Waals surface area contributed by atoms with Crippen molar-refractivity contribution in [1.29, 1.82) is 0 Å². The van der Waals surface area contributed by atoms with E-state index in [-0.39, 0.29) is 0 Å². The number of halogens is 1. The van der Waals surface area contributed by atoms with Crippen LogP contribution in [0.25, 0.3) is 0 Å². The summed E-state index contributed by atoms with van der Waals surface area (Å²) in [7, 11) is 2.17. The van der Waals surface area contributed by atoms with Gasteiger partial charge in [0.25, 0.3) is 0 Å². The lowest BCUT2D eigenvalue weighted by atomic mass is 10.1. The van der Waals surface area contributed by atoms with E-state index >= 15 is 0 Å². The van der Waals surface area contributed by atoms with Crippen LogP contribution in [0.2, 0.25) is 0 Å². The van der Waals surface area contributed by atoms with Gasteiger partial charge in [-0.1, -0.05) is 30.3 Å². The van der Waals surface area contributed by atoms with E-state index in [0.29, 0.717) is 6.04 Å². The number of rotatable bonds is 3. The third kappa shape index (κ3) is 2.97. The summed E-state index contributed by atoms with van der Waals surface area (Å²) < 4.78 is 0. The highest BCUT2D eigenvalue weighted by Gasteiger charge is 2.24. The Bertz CT molecular complexity index is 315. The summed E-state index contributed by atoms with van der Waals surface area (Å²) in [6.07, 6.45) is 0. The molecule has 1 aromatic rings. The van der Waals surface area contributed by atoms with Crippen molar-refractivity contribution in [1.82, 2.24) is 9.80 Å². The van der Waals surface area contributed by atoms with Crippen molar-refractivity contribution in [2.45, 2.75) is 12.6 Å². The zero-order valence-corrected chi connectivity index (χ0v) is 10.5. The Morgan fingerprint density at radius 3 is 2.69 bits per heavy atom. The molecular weight excluding hydrogens is 220 g/mol. The predicted molar refractivity (Wildman–Crippen MR) is 68.9 cm³/mol. The summed E-state index contributed by atoms with van der Waals surface area (Å²) in [6, 6.07) is 11.1. The molecule has 16 heavy (non-hydrogen) atoms. The molecule has 0 radical (unpaired) electrons. The number of alkyl halides is 1. The molecule has 0 aliphatic carbocycles. The topological polar surface area (TPSA) is 6.48 Å². The van der Waals surface area contributed by atoms with Crippen LogP contribution in [0.1, 0.15) is 5.56 Å². The maximum Gasteiger partial charge on any atom is 0.0392 e. The first-order valence-electron chi connectivity index (χ1n) is 5.82. The molecule has 1 aromatic carbocycles. The Morgan fingerprint density at radius 1 is 1.25 bits per heavy atom. The second-order valence-electron chi connectivity index (χ2n) is 4.53. The second kappa shape index (κ2) is 5.67. The van der Waals surface area contributed by atoms with Crippen molar-refractivity contribution in [2.75, 3.05) is 32.6 Å². The molecule has 0 spiro atoms. The highest BCUT2D eigenvalue weighted by molar-refractivity contribution is 6.18. The molecule has 1 heterocycles. The maximum absolute atomic E-state index is 6.04. The molecule has 1 saturated heterocycles. The van der Waals surface area contributed by atoms with Gasteiger partial charge in [-0.3, -0.25) is 4.90 Å². The summed E-state index contributed by atoms with van der Waals surface area (Å²) in [4.78, 5) is 4.84. The van der Waals surface area contributed by atoms with E-state index in [1.165, 1.54) is 5.56 Å². The Kier molecular flexibility index (Phi) is 4.22. The summed E-state index contributed by atoms with van der Waals surface area (Å²) >= 11 is 6.04. The van der Waals surface area contributed by atoms with Gasteiger partial charge in [-0.25, -0.2) is 0 Å². The predicted octanol–water partition coefficient (Wildman–Crippen LogP) is 2.04. The van der Waals surface area contributed by atoms with Crippen molar-refractivity contribution >= 4 is 11.6 Å². The minimum Gasteiger partial charge on any atom is -0.303 e. The van der Waals surface area contributed by atoms with Crippen molar-refractivity contribution in [3.05, 3.63) is 35.9 Å². The van der Waals surface area contributed by atoms with Crippen LogP contribution < -0.4 is 0 Å². The molecule has 1 fully saturated rings. The average Bonchev–Trinajstić information content (AvgIpc) is 2.33. The van der Waals surface area contributed by atoms with Gasteiger partial charge in [0.1, 0.15) is 0 Å². The zero-order chi connectivity index (χ0) is 11.4. The lowest BCUT2D eigenvalue weighted by Gasteiger charge is -2.39. The van der Waals surface area contributed by atoms with Crippen molar-refractivity contribution in [2.24, 2.45) is 0 Å². The molecule has 0 saturated carbocycles. The summed E-state index contributed by atoms with van der Waals surface area (Å²) in [5, 5.41) is 0. The van der Waals surface area contributed by atoms with Crippen LogP contribution in [0, 0.1) is 0 Å². The van der Waals surface area contributed by atoms with Gasteiger partial charge in [-0.15, -0.1) is 11.6 Å². The molecule has 2 nitrogen and oxygen atoms in total. The fourth-order valence-corrected chi connectivity index (χ4v) is 2.51. The third-order valence-electron chi connectivity index (χ3n) is 3.21. The van der Waals surface area contributed by atoms with Crippen molar-refractivity contribution < 1.29 is 0 Å². The standard InChI is InChI=1S/C13H19ClN2/c1-15-7-8-16(13(9-14)11-15)10-12-5-3-2-4-6-12/h2-6,13H,7-11H2,1H3. The largest absolute Gasteiger partial charge is 0.303 e. The minimum atomic E-state index is 0.487. The van der Waals surface area contributed by atoms with E-state index in [2.05, 4.69) is 47.2 Å². The third-order valence-corrected chi connectivity index (χ3v) is 3.57. The highest BCUT2D eigenvalue weighted by atomic mass is 35.5. The van der Waals surface area contributed by atoms with Crippen LogP contribution in [0.4, 0.5) is 0 Å². The fraction of sp³-hybridized carbons (Fsp3) is 0.538. The number of hydrogen-bond donors (Lipinski definition) is 0. The molecule has 1 atom stereocenters. The molecule has 1 aliphatic heterocycles. The molecule has 88 valence electrons. The van der Waals surface area contributed by atoms with E-state index in [1.54, 1.807) is 0 Å². The Balaban J connectivity index is 1.98. The lowest BCUT2D eigenvalue weighted by Crippen LogP contribution is -2.52. The molecule has 3 heteroatoms. The number of benzene rings is 1. The van der Waals surface area contributed by atoms with Crippen LogP contribution in [-0.2, 0) is 6.54 Å².